The molecule has 2 aliphatic carbocycles. The summed E-state index contributed by atoms with van der Waals surface area (Å²) in [6, 6.07) is 17.8. The largest absolute Gasteiger partial charge is 0.481 e. The summed E-state index contributed by atoms with van der Waals surface area (Å²) in [6.45, 7) is 7.56. The number of aliphatic carboxylic acids is 1. The smallest absolute Gasteiger partial charge is 0.305 e. The second-order valence-corrected chi connectivity index (χ2v) is 13.2. The van der Waals surface area contributed by atoms with Gasteiger partial charge in [0.1, 0.15) is 11.4 Å². The van der Waals surface area contributed by atoms with Crippen molar-refractivity contribution in [2.24, 2.45) is 16.3 Å². The van der Waals surface area contributed by atoms with Crippen LogP contribution in [0.25, 0.3) is 0 Å². The number of aliphatic imine (C=N–C) groups is 1. The fraction of sp³-hybridized carbons (Fsp3) is 0.444. The Hall–Kier alpha value is -4.00. The number of carboxylic acids is 1. The maximum atomic E-state index is 14.0. The maximum Gasteiger partial charge on any atom is 0.305 e. The highest BCUT2D eigenvalue weighted by Gasteiger charge is 2.50. The standard InChI is InChI=1S/C36H43N3O4/c1-35(2,3)30-17-21-36(22-18-30)38-32(28-15-13-27(14-16-28)26-7-5-4-6-8-26)34(43)39(36)24-20-25-9-11-29(12-10-25)33(42)37-23-19-31(40)41/h4-13,15-16,27,30H,14,17-24H2,1-3H3,(H,37,42)(H,40,41). The highest BCUT2D eigenvalue weighted by Crippen LogP contribution is 2.47. The van der Waals surface area contributed by atoms with Crippen LogP contribution in [0, 0.1) is 11.3 Å². The first-order chi connectivity index (χ1) is 20.6. The first-order valence-corrected chi connectivity index (χ1v) is 15.5. The number of nitrogens with zero attached hydrogens (tertiary/aromatic N) is 2. The number of carbonyl (C=O) groups is 3. The molecule has 2 N–H and O–H groups in total. The fourth-order valence-corrected chi connectivity index (χ4v) is 6.65. The summed E-state index contributed by atoms with van der Waals surface area (Å²) in [5.41, 5.74) is 4.02. The summed E-state index contributed by atoms with van der Waals surface area (Å²) in [4.78, 5) is 44.4. The zero-order chi connectivity index (χ0) is 30.6. The van der Waals surface area contributed by atoms with Crippen molar-refractivity contribution in [1.29, 1.82) is 0 Å². The molecule has 0 radical (unpaired) electrons. The Bertz CT molecular complexity index is 1430. The minimum Gasteiger partial charge on any atom is -0.481 e. The number of amides is 2. The molecule has 1 unspecified atom stereocenters. The molecule has 0 saturated heterocycles. The molecule has 1 atom stereocenters. The lowest BCUT2D eigenvalue weighted by Gasteiger charge is -2.45. The average molecular weight is 582 g/mol. The van der Waals surface area contributed by atoms with Crippen molar-refractivity contribution in [1.82, 2.24) is 10.2 Å². The Morgan fingerprint density at radius 2 is 1.74 bits per heavy atom. The van der Waals surface area contributed by atoms with E-state index in [9.17, 15) is 14.4 Å². The van der Waals surface area contributed by atoms with E-state index in [1.54, 1.807) is 12.1 Å². The van der Waals surface area contributed by atoms with Crippen molar-refractivity contribution in [3.63, 3.8) is 0 Å². The minimum absolute atomic E-state index is 0.0118. The third-order valence-corrected chi connectivity index (χ3v) is 9.35. The number of carboxylic acid groups (broad SMARTS) is 1. The van der Waals surface area contributed by atoms with E-state index in [1.807, 2.05) is 23.1 Å². The van der Waals surface area contributed by atoms with E-state index in [1.165, 1.54) is 5.56 Å². The molecule has 2 aromatic rings. The van der Waals surface area contributed by atoms with Gasteiger partial charge in [0.05, 0.1) is 6.42 Å². The Morgan fingerprint density at radius 3 is 2.35 bits per heavy atom. The lowest BCUT2D eigenvalue weighted by Crippen LogP contribution is -2.50. The molecular weight excluding hydrogens is 538 g/mol. The van der Waals surface area contributed by atoms with Gasteiger partial charge in [-0.2, -0.15) is 0 Å². The van der Waals surface area contributed by atoms with Crippen molar-refractivity contribution in [3.8, 4) is 0 Å². The van der Waals surface area contributed by atoms with Crippen molar-refractivity contribution in [3.05, 3.63) is 95.1 Å². The first kappa shape index (κ1) is 30.5. The highest BCUT2D eigenvalue weighted by atomic mass is 16.4. The summed E-state index contributed by atoms with van der Waals surface area (Å²) < 4.78 is 0. The van der Waals surface area contributed by atoms with Gasteiger partial charge in [0.15, 0.2) is 0 Å². The summed E-state index contributed by atoms with van der Waals surface area (Å²) >= 11 is 0. The summed E-state index contributed by atoms with van der Waals surface area (Å²) in [7, 11) is 0. The molecule has 43 heavy (non-hydrogen) atoms. The van der Waals surface area contributed by atoms with E-state index >= 15 is 0 Å². The monoisotopic (exact) mass is 581 g/mol. The van der Waals surface area contributed by atoms with Crippen LogP contribution in [0.4, 0.5) is 0 Å². The lowest BCUT2D eigenvalue weighted by molar-refractivity contribution is -0.136. The van der Waals surface area contributed by atoms with Crippen molar-refractivity contribution in [2.75, 3.05) is 13.1 Å². The highest BCUT2D eigenvalue weighted by molar-refractivity contribution is 6.47. The molecule has 0 aromatic heterocycles. The van der Waals surface area contributed by atoms with Crippen LogP contribution in [0.1, 0.15) is 86.7 Å². The van der Waals surface area contributed by atoms with Gasteiger partial charge in [-0.1, -0.05) is 81.5 Å². The number of carbonyl (C=O) groups excluding carboxylic acids is 2. The molecular formula is C36H43N3O4. The molecule has 1 aliphatic heterocycles. The molecule has 3 aliphatic rings. The molecule has 7 nitrogen and oxygen atoms in total. The zero-order valence-electron chi connectivity index (χ0n) is 25.5. The maximum absolute atomic E-state index is 14.0. The van der Waals surface area contributed by atoms with Crippen molar-refractivity contribution < 1.29 is 19.5 Å². The van der Waals surface area contributed by atoms with Crippen molar-refractivity contribution >= 4 is 23.5 Å². The SMILES string of the molecule is CC(C)(C)C1CCC2(CC1)N=C(C1=CCC(c3ccccc3)C=C1)C(=O)N2CCc1ccc(C(=O)NCCC(=O)O)cc1. The van der Waals surface area contributed by atoms with E-state index in [0.29, 0.717) is 36.1 Å². The van der Waals surface area contributed by atoms with Crippen LogP contribution in [0.3, 0.4) is 0 Å². The Morgan fingerprint density at radius 1 is 1.05 bits per heavy atom. The Kier molecular flexibility index (Phi) is 9.00. The van der Waals surface area contributed by atoms with Crippen LogP contribution in [-0.2, 0) is 16.0 Å². The fourth-order valence-electron chi connectivity index (χ4n) is 6.65. The molecule has 226 valence electrons. The molecule has 7 heteroatoms. The van der Waals surface area contributed by atoms with Gasteiger partial charge in [-0.25, -0.2) is 0 Å². The van der Waals surface area contributed by atoms with Gasteiger partial charge in [0.25, 0.3) is 11.8 Å². The summed E-state index contributed by atoms with van der Waals surface area (Å²) in [5.74, 6) is -0.326. The van der Waals surface area contributed by atoms with Crippen molar-refractivity contribution in [2.45, 2.75) is 77.3 Å². The van der Waals surface area contributed by atoms with Gasteiger partial charge in [-0.05, 0) is 73.1 Å². The third-order valence-electron chi connectivity index (χ3n) is 9.35. The van der Waals surface area contributed by atoms with Crippen LogP contribution in [0.5, 0.6) is 0 Å². The second kappa shape index (κ2) is 12.7. The van der Waals surface area contributed by atoms with E-state index in [2.05, 4.69) is 68.6 Å². The number of nitrogens with one attached hydrogen (secondary N) is 1. The van der Waals surface area contributed by atoms with Crippen LogP contribution in [-0.4, -0.2) is 52.3 Å². The van der Waals surface area contributed by atoms with Crippen LogP contribution in [0.2, 0.25) is 0 Å². The van der Waals surface area contributed by atoms with Crippen LogP contribution >= 0.6 is 0 Å². The summed E-state index contributed by atoms with van der Waals surface area (Å²) in [6.07, 6.45) is 11.7. The first-order valence-electron chi connectivity index (χ1n) is 15.5. The Balaban J connectivity index is 1.30. The average Bonchev–Trinajstić information content (AvgIpc) is 3.26. The topological polar surface area (TPSA) is 99.1 Å². The molecule has 1 saturated carbocycles. The summed E-state index contributed by atoms with van der Waals surface area (Å²) in [5, 5.41) is 11.4. The molecule has 1 fully saturated rings. The molecule has 5 rings (SSSR count). The van der Waals surface area contributed by atoms with E-state index in [-0.39, 0.29) is 30.2 Å². The van der Waals surface area contributed by atoms with Gasteiger partial charge < -0.3 is 15.3 Å². The second-order valence-electron chi connectivity index (χ2n) is 13.2. The van der Waals surface area contributed by atoms with E-state index in [4.69, 9.17) is 10.1 Å². The molecule has 0 bridgehead atoms. The van der Waals surface area contributed by atoms with Gasteiger partial charge >= 0.3 is 5.97 Å². The third kappa shape index (κ3) is 6.98. The van der Waals surface area contributed by atoms with Gasteiger partial charge in [-0.15, -0.1) is 0 Å². The molecule has 1 spiro atoms. The normalized spacial score (nSPS) is 23.7. The van der Waals surface area contributed by atoms with Crippen LogP contribution in [0.15, 0.2) is 83.4 Å². The number of benzene rings is 2. The number of rotatable bonds is 9. The van der Waals surface area contributed by atoms with Gasteiger partial charge in [-0.3, -0.25) is 19.4 Å². The predicted molar refractivity (Wildman–Crippen MR) is 169 cm³/mol. The quantitative estimate of drug-likeness (QED) is 0.362. The van der Waals surface area contributed by atoms with E-state index < -0.39 is 11.6 Å². The molecule has 2 amide bonds. The zero-order valence-corrected chi connectivity index (χ0v) is 25.5. The molecule has 1 heterocycles. The molecule has 2 aromatic carbocycles. The van der Waals surface area contributed by atoms with E-state index in [0.717, 1.165) is 43.2 Å². The van der Waals surface area contributed by atoms with Gasteiger partial charge in [0, 0.05) is 30.1 Å². The number of hydrogen-bond acceptors (Lipinski definition) is 4. The lowest BCUT2D eigenvalue weighted by atomic mass is 9.69. The number of allylic oxidation sites excluding steroid dienone is 3. The number of hydrogen-bond donors (Lipinski definition) is 2. The van der Waals surface area contributed by atoms with Crippen LogP contribution < -0.4 is 5.32 Å². The van der Waals surface area contributed by atoms with Gasteiger partial charge in [0.2, 0.25) is 0 Å². The minimum atomic E-state index is -0.948. The predicted octanol–water partition coefficient (Wildman–Crippen LogP) is 6.32. The Labute approximate surface area is 254 Å².